The molecule has 5 nitrogen and oxygen atoms in total. The van der Waals surface area contributed by atoms with Crippen LogP contribution in [0.3, 0.4) is 0 Å². The van der Waals surface area contributed by atoms with Crippen LogP contribution in [-0.4, -0.2) is 42.0 Å². The molecule has 132 valence electrons. The number of halogens is 1. The second-order valence-electron chi connectivity index (χ2n) is 7.09. The lowest BCUT2D eigenvalue weighted by Gasteiger charge is -2.26. The highest BCUT2D eigenvalue weighted by atomic mass is 35.5. The summed E-state index contributed by atoms with van der Waals surface area (Å²) < 4.78 is 5.45. The SMILES string of the molecule is CC(=O)CNc1ccc2c(c1Cl)CCN(C(=O)OC(C)(C)C)CC2. The molecule has 1 aromatic rings. The van der Waals surface area contributed by atoms with Gasteiger partial charge in [-0.05, 0) is 57.7 Å². The van der Waals surface area contributed by atoms with Gasteiger partial charge in [-0.2, -0.15) is 0 Å². The number of anilines is 1. The van der Waals surface area contributed by atoms with Crippen molar-refractivity contribution in [1.82, 2.24) is 4.90 Å². The number of ether oxygens (including phenoxy) is 1. The maximum atomic E-state index is 12.3. The van der Waals surface area contributed by atoms with Crippen LogP contribution in [0.25, 0.3) is 0 Å². The first kappa shape index (κ1) is 18.6. The third-order valence-electron chi connectivity index (χ3n) is 3.80. The highest BCUT2D eigenvalue weighted by Gasteiger charge is 2.25. The van der Waals surface area contributed by atoms with Gasteiger partial charge in [0.25, 0.3) is 0 Å². The van der Waals surface area contributed by atoms with Gasteiger partial charge in [-0.25, -0.2) is 4.79 Å². The van der Waals surface area contributed by atoms with E-state index in [0.717, 1.165) is 23.2 Å². The number of amides is 1. The number of ketones is 1. The molecular weight excluding hydrogens is 328 g/mol. The van der Waals surface area contributed by atoms with Gasteiger partial charge in [-0.3, -0.25) is 4.79 Å². The van der Waals surface area contributed by atoms with Crippen molar-refractivity contribution in [2.75, 3.05) is 25.0 Å². The molecule has 1 aliphatic rings. The first-order chi connectivity index (χ1) is 11.2. The minimum atomic E-state index is -0.502. The summed E-state index contributed by atoms with van der Waals surface area (Å²) in [6.45, 7) is 8.55. The summed E-state index contributed by atoms with van der Waals surface area (Å²) in [5.41, 5.74) is 2.43. The molecule has 2 rings (SSSR count). The van der Waals surface area contributed by atoms with Crippen LogP contribution in [-0.2, 0) is 22.4 Å². The summed E-state index contributed by atoms with van der Waals surface area (Å²) in [5.74, 6) is 0.0529. The lowest BCUT2D eigenvalue weighted by molar-refractivity contribution is -0.115. The Balaban J connectivity index is 2.11. The fourth-order valence-electron chi connectivity index (χ4n) is 2.64. The zero-order valence-electron chi connectivity index (χ0n) is 14.7. The van der Waals surface area contributed by atoms with Gasteiger partial charge in [0, 0.05) is 13.1 Å². The van der Waals surface area contributed by atoms with E-state index in [1.165, 1.54) is 6.92 Å². The molecule has 24 heavy (non-hydrogen) atoms. The summed E-state index contributed by atoms with van der Waals surface area (Å²) in [6.07, 6.45) is 1.12. The van der Waals surface area contributed by atoms with E-state index < -0.39 is 5.60 Å². The molecule has 0 saturated heterocycles. The van der Waals surface area contributed by atoms with Gasteiger partial charge < -0.3 is 15.0 Å². The second-order valence-corrected chi connectivity index (χ2v) is 7.47. The van der Waals surface area contributed by atoms with E-state index in [4.69, 9.17) is 16.3 Å². The van der Waals surface area contributed by atoms with Crippen LogP contribution < -0.4 is 5.32 Å². The van der Waals surface area contributed by atoms with E-state index in [1.807, 2.05) is 32.9 Å². The fourth-order valence-corrected chi connectivity index (χ4v) is 2.99. The summed E-state index contributed by atoms with van der Waals surface area (Å²) in [7, 11) is 0. The Labute approximate surface area is 148 Å². The van der Waals surface area contributed by atoms with Crippen molar-refractivity contribution in [3.05, 3.63) is 28.3 Å². The molecule has 0 bridgehead atoms. The third-order valence-corrected chi connectivity index (χ3v) is 4.23. The zero-order valence-corrected chi connectivity index (χ0v) is 15.5. The van der Waals surface area contributed by atoms with Gasteiger partial charge in [-0.15, -0.1) is 0 Å². The number of hydrogen-bond acceptors (Lipinski definition) is 4. The first-order valence-electron chi connectivity index (χ1n) is 8.19. The Bertz CT molecular complexity index is 638. The van der Waals surface area contributed by atoms with Gasteiger partial charge in [0.2, 0.25) is 0 Å². The number of carbonyl (C=O) groups is 2. The normalized spacial score (nSPS) is 14.6. The number of fused-ring (bicyclic) bond motifs is 1. The van der Waals surface area contributed by atoms with E-state index in [9.17, 15) is 9.59 Å². The molecule has 0 saturated carbocycles. The van der Waals surface area contributed by atoms with Crippen molar-refractivity contribution in [2.24, 2.45) is 0 Å². The van der Waals surface area contributed by atoms with Crippen molar-refractivity contribution in [3.8, 4) is 0 Å². The third kappa shape index (κ3) is 4.87. The first-order valence-corrected chi connectivity index (χ1v) is 8.56. The summed E-state index contributed by atoms with van der Waals surface area (Å²) >= 11 is 6.51. The largest absolute Gasteiger partial charge is 0.444 e. The standard InChI is InChI=1S/C18H25ClN2O3/c1-12(22)11-20-15-6-5-13-7-9-21(10-8-14(13)16(15)19)17(23)24-18(2,3)4/h5-6,20H,7-11H2,1-4H3. The number of carbonyl (C=O) groups excluding carboxylic acids is 2. The Morgan fingerprint density at radius 2 is 1.92 bits per heavy atom. The maximum absolute atomic E-state index is 12.3. The quantitative estimate of drug-likeness (QED) is 0.901. The van der Waals surface area contributed by atoms with E-state index >= 15 is 0 Å². The minimum absolute atomic E-state index is 0.0529. The van der Waals surface area contributed by atoms with E-state index in [1.54, 1.807) is 4.90 Å². The van der Waals surface area contributed by atoms with E-state index in [0.29, 0.717) is 24.5 Å². The number of rotatable bonds is 3. The van der Waals surface area contributed by atoms with Crippen molar-refractivity contribution >= 4 is 29.2 Å². The predicted octanol–water partition coefficient (Wildman–Crippen LogP) is 3.68. The maximum Gasteiger partial charge on any atom is 0.410 e. The molecule has 0 spiro atoms. The van der Waals surface area contributed by atoms with Crippen molar-refractivity contribution in [3.63, 3.8) is 0 Å². The van der Waals surface area contributed by atoms with Gasteiger partial charge >= 0.3 is 6.09 Å². The molecule has 0 aliphatic carbocycles. The molecule has 1 aliphatic heterocycles. The molecule has 1 N–H and O–H groups in total. The van der Waals surface area contributed by atoms with Gasteiger partial charge in [0.1, 0.15) is 11.4 Å². The topological polar surface area (TPSA) is 58.6 Å². The fraction of sp³-hybridized carbons (Fsp3) is 0.556. The molecular formula is C18H25ClN2O3. The molecule has 6 heteroatoms. The Hall–Kier alpha value is -1.75. The van der Waals surface area contributed by atoms with Gasteiger partial charge in [-0.1, -0.05) is 17.7 Å². The lowest BCUT2D eigenvalue weighted by atomic mass is 10.0. The van der Waals surface area contributed by atoms with E-state index in [2.05, 4.69) is 5.32 Å². The van der Waals surface area contributed by atoms with Crippen LogP contribution in [0.2, 0.25) is 5.02 Å². The van der Waals surface area contributed by atoms with Crippen LogP contribution in [0.4, 0.5) is 10.5 Å². The number of nitrogens with zero attached hydrogens (tertiary/aromatic N) is 1. The second kappa shape index (κ2) is 7.43. The average Bonchev–Trinajstić information content (AvgIpc) is 2.67. The highest BCUT2D eigenvalue weighted by molar-refractivity contribution is 6.34. The van der Waals surface area contributed by atoms with Gasteiger partial charge in [0.05, 0.1) is 17.3 Å². The number of nitrogens with one attached hydrogen (secondary N) is 1. The van der Waals surface area contributed by atoms with Crippen LogP contribution in [0.15, 0.2) is 12.1 Å². The Morgan fingerprint density at radius 3 is 2.54 bits per heavy atom. The minimum Gasteiger partial charge on any atom is -0.444 e. The van der Waals surface area contributed by atoms with Crippen molar-refractivity contribution in [2.45, 2.75) is 46.1 Å². The molecule has 0 atom stereocenters. The van der Waals surface area contributed by atoms with Crippen LogP contribution >= 0.6 is 11.6 Å². The molecule has 1 aromatic carbocycles. The highest BCUT2D eigenvalue weighted by Crippen LogP contribution is 2.31. The zero-order chi connectivity index (χ0) is 17.9. The summed E-state index contributed by atoms with van der Waals surface area (Å²) in [4.78, 5) is 25.1. The number of hydrogen-bond donors (Lipinski definition) is 1. The smallest absolute Gasteiger partial charge is 0.410 e. The van der Waals surface area contributed by atoms with Crippen molar-refractivity contribution in [1.29, 1.82) is 0 Å². The molecule has 1 heterocycles. The van der Waals surface area contributed by atoms with Crippen LogP contribution in [0, 0.1) is 0 Å². The predicted molar refractivity (Wildman–Crippen MR) is 95.8 cm³/mol. The number of benzene rings is 1. The van der Waals surface area contributed by atoms with Crippen LogP contribution in [0.1, 0.15) is 38.8 Å². The molecule has 1 amide bonds. The summed E-state index contributed by atoms with van der Waals surface area (Å²) in [5, 5.41) is 3.70. The van der Waals surface area contributed by atoms with E-state index in [-0.39, 0.29) is 18.4 Å². The monoisotopic (exact) mass is 352 g/mol. The molecule has 0 fully saturated rings. The number of Topliss-reactive ketones (excluding diaryl/α,β-unsaturated/α-hetero) is 1. The molecule has 0 aromatic heterocycles. The Morgan fingerprint density at radius 1 is 1.25 bits per heavy atom. The Kier molecular flexibility index (Phi) is 5.75. The average molecular weight is 353 g/mol. The molecule has 0 unspecified atom stereocenters. The van der Waals surface area contributed by atoms with Crippen LogP contribution in [0.5, 0.6) is 0 Å². The lowest BCUT2D eigenvalue weighted by Crippen LogP contribution is -2.38. The van der Waals surface area contributed by atoms with Crippen molar-refractivity contribution < 1.29 is 14.3 Å². The summed E-state index contributed by atoms with van der Waals surface area (Å²) in [6, 6.07) is 3.91. The molecule has 0 radical (unpaired) electrons. The van der Waals surface area contributed by atoms with Gasteiger partial charge in [0.15, 0.2) is 0 Å².